The third kappa shape index (κ3) is 5.40. The van der Waals surface area contributed by atoms with Gasteiger partial charge in [0.25, 0.3) is 15.9 Å². The summed E-state index contributed by atoms with van der Waals surface area (Å²) in [6, 6.07) is 17.7. The van der Waals surface area contributed by atoms with Gasteiger partial charge in [-0.3, -0.25) is 20.4 Å². The molecule has 0 atom stereocenters. The summed E-state index contributed by atoms with van der Waals surface area (Å²) >= 11 is 0. The molecule has 0 spiro atoms. The Balaban J connectivity index is 1.72. The topological polar surface area (TPSA) is 96.5 Å². The number of halogens is 1. The molecule has 3 aromatic rings. The number of amides is 1. The predicted molar refractivity (Wildman–Crippen MR) is 116 cm³/mol. The van der Waals surface area contributed by atoms with E-state index in [4.69, 9.17) is 4.74 Å². The number of hydrogen-bond donors (Lipinski definition) is 3. The third-order valence-electron chi connectivity index (χ3n) is 4.28. The average Bonchev–Trinajstić information content (AvgIpc) is 2.78. The van der Waals surface area contributed by atoms with E-state index >= 15 is 0 Å². The summed E-state index contributed by atoms with van der Waals surface area (Å²) in [4.78, 5) is 12.4. The lowest BCUT2D eigenvalue weighted by Crippen LogP contribution is -2.35. The Kier molecular flexibility index (Phi) is 6.56. The molecule has 7 nitrogen and oxygen atoms in total. The Morgan fingerprint density at radius 1 is 0.935 bits per heavy atom. The van der Waals surface area contributed by atoms with Gasteiger partial charge < -0.3 is 4.74 Å². The average molecular weight is 441 g/mol. The van der Waals surface area contributed by atoms with Crippen LogP contribution in [0.25, 0.3) is 5.70 Å². The third-order valence-corrected chi connectivity index (χ3v) is 5.64. The molecule has 0 saturated heterocycles. The van der Waals surface area contributed by atoms with E-state index in [1.807, 2.05) is 0 Å². The largest absolute Gasteiger partial charge is 0.495 e. The first-order chi connectivity index (χ1) is 14.8. The lowest BCUT2D eigenvalue weighted by molar-refractivity contribution is 0.0942. The van der Waals surface area contributed by atoms with Gasteiger partial charge in [-0.2, -0.15) is 0 Å². The van der Waals surface area contributed by atoms with E-state index < -0.39 is 15.9 Å². The highest BCUT2D eigenvalue weighted by atomic mass is 32.2. The SMILES string of the molecule is C=C(NNC(=O)c1cccc(S(=O)(=O)Nc2ccccc2OC)c1)c1ccc(F)cc1. The lowest BCUT2D eigenvalue weighted by Gasteiger charge is -2.13. The standard InChI is InChI=1S/C22H20FN3O4S/c1-15(16-10-12-18(23)13-11-16)24-25-22(27)17-6-5-7-19(14-17)31(28,29)26-20-8-3-4-9-21(20)30-2/h3-14,24,26H,1H2,2H3,(H,25,27). The first kappa shape index (κ1) is 21.8. The predicted octanol–water partition coefficient (Wildman–Crippen LogP) is 3.54. The van der Waals surface area contributed by atoms with Crippen molar-refractivity contribution in [3.63, 3.8) is 0 Å². The van der Waals surface area contributed by atoms with Gasteiger partial charge in [-0.1, -0.05) is 24.8 Å². The maximum Gasteiger partial charge on any atom is 0.269 e. The van der Waals surface area contributed by atoms with Crippen LogP contribution in [0.5, 0.6) is 5.75 Å². The van der Waals surface area contributed by atoms with E-state index in [0.717, 1.165) is 0 Å². The van der Waals surface area contributed by atoms with Crippen LogP contribution in [0.15, 0.2) is 84.3 Å². The van der Waals surface area contributed by atoms with Crippen molar-refractivity contribution in [1.82, 2.24) is 10.9 Å². The number of carbonyl (C=O) groups excluding carboxylic acids is 1. The first-order valence-corrected chi connectivity index (χ1v) is 10.6. The molecule has 0 saturated carbocycles. The Hall–Kier alpha value is -3.85. The van der Waals surface area contributed by atoms with Gasteiger partial charge in [0, 0.05) is 5.56 Å². The number of rotatable bonds is 8. The lowest BCUT2D eigenvalue weighted by atomic mass is 10.2. The second-order valence-electron chi connectivity index (χ2n) is 6.40. The molecule has 0 heterocycles. The van der Waals surface area contributed by atoms with Crippen molar-refractivity contribution in [2.45, 2.75) is 4.90 Å². The molecule has 1 amide bonds. The summed E-state index contributed by atoms with van der Waals surface area (Å²) in [5, 5.41) is 0. The quantitative estimate of drug-likeness (QED) is 0.465. The number of hydrogen-bond acceptors (Lipinski definition) is 5. The Morgan fingerprint density at radius 3 is 2.35 bits per heavy atom. The molecule has 0 radical (unpaired) electrons. The van der Waals surface area contributed by atoms with Gasteiger partial charge in [-0.25, -0.2) is 12.8 Å². The number of hydrazine groups is 1. The summed E-state index contributed by atoms with van der Waals surface area (Å²) in [6.45, 7) is 3.77. The van der Waals surface area contributed by atoms with E-state index in [-0.39, 0.29) is 22.0 Å². The molecular formula is C22H20FN3O4S. The zero-order valence-electron chi connectivity index (χ0n) is 16.6. The van der Waals surface area contributed by atoms with Crippen molar-refractivity contribution in [3.05, 3.63) is 96.3 Å². The molecule has 9 heteroatoms. The van der Waals surface area contributed by atoms with E-state index in [0.29, 0.717) is 17.0 Å². The molecule has 0 bridgehead atoms. The summed E-state index contributed by atoms with van der Waals surface area (Å²) in [5.41, 5.74) is 6.39. The summed E-state index contributed by atoms with van der Waals surface area (Å²) in [6.07, 6.45) is 0. The van der Waals surface area contributed by atoms with Gasteiger partial charge in [0.2, 0.25) is 0 Å². The number of anilines is 1. The van der Waals surface area contributed by atoms with E-state index in [9.17, 15) is 17.6 Å². The minimum absolute atomic E-state index is 0.0941. The smallest absolute Gasteiger partial charge is 0.269 e. The number of ether oxygens (including phenoxy) is 1. The molecule has 0 aliphatic carbocycles. The molecule has 0 aliphatic rings. The number of nitrogens with one attached hydrogen (secondary N) is 3. The van der Waals surface area contributed by atoms with Crippen molar-refractivity contribution < 1.29 is 22.3 Å². The Bertz CT molecular complexity index is 1210. The molecule has 0 unspecified atom stereocenters. The molecule has 0 aliphatic heterocycles. The van der Waals surface area contributed by atoms with Crippen LogP contribution in [-0.2, 0) is 10.0 Å². The second-order valence-corrected chi connectivity index (χ2v) is 8.08. The first-order valence-electron chi connectivity index (χ1n) is 9.07. The molecule has 3 rings (SSSR count). The fourth-order valence-corrected chi connectivity index (χ4v) is 3.78. The van der Waals surface area contributed by atoms with Crippen LogP contribution >= 0.6 is 0 Å². The van der Waals surface area contributed by atoms with Crippen molar-refractivity contribution in [2.75, 3.05) is 11.8 Å². The Morgan fingerprint density at radius 2 is 1.65 bits per heavy atom. The monoisotopic (exact) mass is 441 g/mol. The highest BCUT2D eigenvalue weighted by molar-refractivity contribution is 7.92. The second kappa shape index (κ2) is 9.31. The van der Waals surface area contributed by atoms with Gasteiger partial charge in [0.05, 0.1) is 23.4 Å². The van der Waals surface area contributed by atoms with Gasteiger partial charge in [-0.15, -0.1) is 0 Å². The molecule has 0 aromatic heterocycles. The summed E-state index contributed by atoms with van der Waals surface area (Å²) in [5.74, 6) is -0.596. The molecule has 160 valence electrons. The van der Waals surface area contributed by atoms with Gasteiger partial charge in [0.1, 0.15) is 11.6 Å². The van der Waals surface area contributed by atoms with Crippen molar-refractivity contribution in [1.29, 1.82) is 0 Å². The normalized spacial score (nSPS) is 10.8. The summed E-state index contributed by atoms with van der Waals surface area (Å²) in [7, 11) is -2.53. The molecule has 3 N–H and O–H groups in total. The summed E-state index contributed by atoms with van der Waals surface area (Å²) < 4.78 is 46.2. The highest BCUT2D eigenvalue weighted by Gasteiger charge is 2.18. The zero-order valence-corrected chi connectivity index (χ0v) is 17.4. The number of methoxy groups -OCH3 is 1. The highest BCUT2D eigenvalue weighted by Crippen LogP contribution is 2.26. The van der Waals surface area contributed by atoms with Crippen LogP contribution in [0.1, 0.15) is 15.9 Å². The van der Waals surface area contributed by atoms with Crippen molar-refractivity contribution >= 4 is 27.3 Å². The maximum atomic E-state index is 13.0. The molecular weight excluding hydrogens is 421 g/mol. The van der Waals surface area contributed by atoms with Gasteiger partial charge in [0.15, 0.2) is 0 Å². The van der Waals surface area contributed by atoms with E-state index in [2.05, 4.69) is 22.2 Å². The zero-order chi connectivity index (χ0) is 22.4. The maximum absolute atomic E-state index is 13.0. The fraction of sp³-hybridized carbons (Fsp3) is 0.0455. The van der Waals surface area contributed by atoms with Gasteiger partial charge in [-0.05, 0) is 60.2 Å². The number of para-hydroxylation sites is 2. The molecule has 31 heavy (non-hydrogen) atoms. The van der Waals surface area contributed by atoms with E-state index in [1.54, 1.807) is 24.3 Å². The molecule has 0 fully saturated rings. The van der Waals surface area contributed by atoms with Crippen molar-refractivity contribution in [3.8, 4) is 5.75 Å². The van der Waals surface area contributed by atoms with Crippen LogP contribution in [0.2, 0.25) is 0 Å². The Labute approximate surface area is 179 Å². The van der Waals surface area contributed by atoms with Crippen LogP contribution in [-0.4, -0.2) is 21.4 Å². The van der Waals surface area contributed by atoms with E-state index in [1.165, 1.54) is 55.6 Å². The number of carbonyl (C=O) groups is 1. The van der Waals surface area contributed by atoms with Crippen LogP contribution in [0.4, 0.5) is 10.1 Å². The number of benzene rings is 3. The van der Waals surface area contributed by atoms with Crippen LogP contribution < -0.4 is 20.3 Å². The number of sulfonamides is 1. The fourth-order valence-electron chi connectivity index (χ4n) is 2.66. The van der Waals surface area contributed by atoms with Crippen LogP contribution in [0, 0.1) is 5.82 Å². The molecule has 3 aromatic carbocycles. The van der Waals surface area contributed by atoms with Gasteiger partial charge >= 0.3 is 0 Å². The minimum Gasteiger partial charge on any atom is -0.495 e. The van der Waals surface area contributed by atoms with Crippen molar-refractivity contribution in [2.24, 2.45) is 0 Å². The minimum atomic E-state index is -3.96. The van der Waals surface area contributed by atoms with Crippen LogP contribution in [0.3, 0.4) is 0 Å².